The third kappa shape index (κ3) is 6.72. The maximum Gasteiger partial charge on any atom is 0.394 e. The second kappa shape index (κ2) is 4.19. The first kappa shape index (κ1) is 12.6. The summed E-state index contributed by atoms with van der Waals surface area (Å²) in [5.41, 5.74) is 0. The zero-order valence-corrected chi connectivity index (χ0v) is 6.67. The Morgan fingerprint density at radius 2 is 1.54 bits per heavy atom. The maximum absolute atomic E-state index is 12.4. The van der Waals surface area contributed by atoms with Gasteiger partial charge >= 0.3 is 6.18 Å². The van der Waals surface area contributed by atoms with E-state index in [1.807, 2.05) is 0 Å². The molecule has 0 N–H and O–H groups in total. The van der Waals surface area contributed by atoms with Gasteiger partial charge in [0.1, 0.15) is 12.6 Å². The highest BCUT2D eigenvalue weighted by molar-refractivity contribution is 4.75. The summed E-state index contributed by atoms with van der Waals surface area (Å²) in [6.07, 6.45) is -11.1. The molecule has 0 saturated carbocycles. The molecule has 0 fully saturated rings. The van der Waals surface area contributed by atoms with Crippen LogP contribution < -0.4 is 0 Å². The van der Waals surface area contributed by atoms with Crippen LogP contribution in [0.5, 0.6) is 0 Å². The van der Waals surface area contributed by atoms with E-state index in [0.717, 1.165) is 0 Å². The topological polar surface area (TPSA) is 0 Å². The summed E-state index contributed by atoms with van der Waals surface area (Å²) in [7, 11) is 0. The summed E-state index contributed by atoms with van der Waals surface area (Å²) < 4.78 is 71.5. The van der Waals surface area contributed by atoms with Crippen molar-refractivity contribution in [3.8, 4) is 0 Å². The van der Waals surface area contributed by atoms with Crippen molar-refractivity contribution in [3.63, 3.8) is 0 Å². The molecule has 0 aromatic carbocycles. The van der Waals surface area contributed by atoms with Crippen LogP contribution in [0.4, 0.5) is 26.3 Å². The lowest BCUT2D eigenvalue weighted by molar-refractivity contribution is -0.192. The first-order chi connectivity index (χ1) is 5.66. The van der Waals surface area contributed by atoms with Crippen LogP contribution in [0.15, 0.2) is 0 Å². The van der Waals surface area contributed by atoms with E-state index in [2.05, 4.69) is 6.92 Å². The third-order valence-corrected chi connectivity index (χ3v) is 1.29. The second-order valence-corrected chi connectivity index (χ2v) is 2.74. The van der Waals surface area contributed by atoms with Crippen molar-refractivity contribution >= 4 is 0 Å². The van der Waals surface area contributed by atoms with Crippen LogP contribution in [0.1, 0.15) is 19.3 Å². The molecular weight excluding hydrogens is 198 g/mol. The Bertz CT molecular complexity index is 150. The molecule has 0 amide bonds. The maximum atomic E-state index is 12.4. The average Bonchev–Trinajstić information content (AvgIpc) is 1.80. The molecule has 0 aromatic rings. The summed E-state index contributed by atoms with van der Waals surface area (Å²) in [5.74, 6) is -4.03. The lowest BCUT2D eigenvalue weighted by atomic mass is 10.1. The van der Waals surface area contributed by atoms with Gasteiger partial charge in [0.05, 0.1) is 0 Å². The predicted molar refractivity (Wildman–Crippen MR) is 35.1 cm³/mol. The molecule has 0 bridgehead atoms. The lowest BCUT2D eigenvalue weighted by Crippen LogP contribution is -2.28. The lowest BCUT2D eigenvalue weighted by Gasteiger charge is -2.19. The fraction of sp³-hybridized carbons (Fsp3) is 0.857. The number of hydrogen-bond donors (Lipinski definition) is 0. The fourth-order valence-electron chi connectivity index (χ4n) is 0.792. The molecule has 79 valence electrons. The Morgan fingerprint density at radius 1 is 1.08 bits per heavy atom. The van der Waals surface area contributed by atoms with Crippen molar-refractivity contribution in [3.05, 3.63) is 6.92 Å². The van der Waals surface area contributed by atoms with E-state index >= 15 is 0 Å². The fourth-order valence-corrected chi connectivity index (χ4v) is 0.792. The molecule has 0 aliphatic rings. The van der Waals surface area contributed by atoms with E-state index in [4.69, 9.17) is 0 Å². The van der Waals surface area contributed by atoms with Crippen LogP contribution >= 0.6 is 0 Å². The Morgan fingerprint density at radius 3 is 1.85 bits per heavy atom. The van der Waals surface area contributed by atoms with Gasteiger partial charge in [-0.1, -0.05) is 6.92 Å². The monoisotopic (exact) mass is 207 g/mol. The molecule has 0 unspecified atom stereocenters. The zero-order chi connectivity index (χ0) is 10.7. The van der Waals surface area contributed by atoms with E-state index in [1.54, 1.807) is 0 Å². The molecule has 0 aliphatic carbocycles. The van der Waals surface area contributed by atoms with Crippen LogP contribution in [0, 0.1) is 6.92 Å². The smallest absolute Gasteiger partial charge is 0.247 e. The van der Waals surface area contributed by atoms with Gasteiger partial charge in [0.25, 0.3) is 5.92 Å². The van der Waals surface area contributed by atoms with Crippen LogP contribution in [0.3, 0.4) is 0 Å². The molecule has 0 saturated heterocycles. The minimum atomic E-state index is -4.97. The van der Waals surface area contributed by atoms with E-state index in [-0.39, 0.29) is 0 Å². The van der Waals surface area contributed by atoms with Crippen molar-refractivity contribution < 1.29 is 26.3 Å². The van der Waals surface area contributed by atoms with Gasteiger partial charge in [-0.15, -0.1) is 0 Å². The average molecular weight is 207 g/mol. The van der Waals surface area contributed by atoms with Crippen LogP contribution in [-0.2, 0) is 0 Å². The Labute approximate surface area is 71.9 Å². The van der Waals surface area contributed by atoms with Crippen molar-refractivity contribution in [2.75, 3.05) is 0 Å². The quantitative estimate of drug-likeness (QED) is 0.618. The molecule has 1 atom stereocenters. The zero-order valence-electron chi connectivity index (χ0n) is 6.67. The Kier molecular flexibility index (Phi) is 4.06. The summed E-state index contributed by atoms with van der Waals surface area (Å²) in [5, 5.41) is 0. The van der Waals surface area contributed by atoms with E-state index in [9.17, 15) is 26.3 Å². The van der Waals surface area contributed by atoms with E-state index in [1.165, 1.54) is 0 Å². The highest BCUT2D eigenvalue weighted by Crippen LogP contribution is 2.35. The molecular formula is C7H9F6. The third-order valence-electron chi connectivity index (χ3n) is 1.29. The van der Waals surface area contributed by atoms with Crippen molar-refractivity contribution in [2.24, 2.45) is 0 Å². The molecule has 0 aliphatic heterocycles. The molecule has 6 heteroatoms. The van der Waals surface area contributed by atoms with Crippen LogP contribution in [0.25, 0.3) is 0 Å². The molecule has 0 aromatic heterocycles. The standard InChI is InChI=1S/C7H9F6/c1-2-5(8)3-6(9,10)4-7(11,12)13/h5H,1-4H2/t5-/m0/s1. The largest absolute Gasteiger partial charge is 0.394 e. The van der Waals surface area contributed by atoms with Gasteiger partial charge in [0.15, 0.2) is 0 Å². The van der Waals surface area contributed by atoms with Crippen molar-refractivity contribution in [1.29, 1.82) is 0 Å². The summed E-state index contributed by atoms with van der Waals surface area (Å²) in [6.45, 7) is 2.98. The molecule has 0 heterocycles. The molecule has 1 radical (unpaired) electrons. The predicted octanol–water partition coefficient (Wildman–Crippen LogP) is 3.53. The van der Waals surface area contributed by atoms with Gasteiger partial charge in [0, 0.05) is 6.42 Å². The molecule has 0 nitrogen and oxygen atoms in total. The normalized spacial score (nSPS) is 15.9. The van der Waals surface area contributed by atoms with Gasteiger partial charge in [-0.2, -0.15) is 13.2 Å². The highest BCUT2D eigenvalue weighted by atomic mass is 19.4. The van der Waals surface area contributed by atoms with Gasteiger partial charge in [0.2, 0.25) is 0 Å². The molecule has 0 spiro atoms. The van der Waals surface area contributed by atoms with E-state index < -0.39 is 37.5 Å². The number of rotatable bonds is 4. The Balaban J connectivity index is 4.08. The minimum Gasteiger partial charge on any atom is -0.247 e. The van der Waals surface area contributed by atoms with Crippen molar-refractivity contribution in [1.82, 2.24) is 0 Å². The number of halogens is 6. The van der Waals surface area contributed by atoms with Gasteiger partial charge < -0.3 is 0 Å². The highest BCUT2D eigenvalue weighted by Gasteiger charge is 2.44. The molecule has 0 rings (SSSR count). The van der Waals surface area contributed by atoms with Gasteiger partial charge in [-0.05, 0) is 6.42 Å². The van der Waals surface area contributed by atoms with Crippen LogP contribution in [-0.4, -0.2) is 18.3 Å². The second-order valence-electron chi connectivity index (χ2n) is 2.74. The van der Waals surface area contributed by atoms with E-state index in [0.29, 0.717) is 0 Å². The van der Waals surface area contributed by atoms with Crippen molar-refractivity contribution in [2.45, 2.75) is 37.5 Å². The van der Waals surface area contributed by atoms with Crippen LogP contribution in [0.2, 0.25) is 0 Å². The number of hydrogen-bond acceptors (Lipinski definition) is 0. The minimum absolute atomic E-state index is 0.451. The molecule has 13 heavy (non-hydrogen) atoms. The summed E-state index contributed by atoms with van der Waals surface area (Å²) >= 11 is 0. The number of alkyl halides is 6. The summed E-state index contributed by atoms with van der Waals surface area (Å²) in [6, 6.07) is 0. The first-order valence-corrected chi connectivity index (χ1v) is 3.54. The summed E-state index contributed by atoms with van der Waals surface area (Å²) in [4.78, 5) is 0. The van der Waals surface area contributed by atoms with Gasteiger partial charge in [-0.3, -0.25) is 0 Å². The Hall–Kier alpha value is -0.420. The first-order valence-electron chi connectivity index (χ1n) is 3.54. The SMILES string of the molecule is [CH2]C[C@H](F)CC(F)(F)CC(F)(F)F. The van der Waals surface area contributed by atoms with Gasteiger partial charge in [-0.25, -0.2) is 13.2 Å².